The van der Waals surface area contributed by atoms with Gasteiger partial charge in [0.1, 0.15) is 11.8 Å². The minimum Gasteiger partial charge on any atom is -0.465 e. The van der Waals surface area contributed by atoms with Gasteiger partial charge in [0.15, 0.2) is 0 Å². The van der Waals surface area contributed by atoms with E-state index in [0.29, 0.717) is 35.7 Å². The van der Waals surface area contributed by atoms with Gasteiger partial charge in [0, 0.05) is 37.0 Å². The predicted octanol–water partition coefficient (Wildman–Crippen LogP) is 8.20. The number of allylic oxidation sites excluding steroid dienone is 1. The molecule has 4 aliphatic rings. The Kier molecular flexibility index (Phi) is 19.5. The first-order valence-corrected chi connectivity index (χ1v) is 21.3. The minimum atomic E-state index is -1.01. The van der Waals surface area contributed by atoms with Crippen molar-refractivity contribution in [3.8, 4) is 0 Å². The number of Topliss-reactive ketones (excluding diaryl/α,β-unsaturated/α-hetero) is 1. The summed E-state index contributed by atoms with van der Waals surface area (Å²) in [4.78, 5) is 49.9. The van der Waals surface area contributed by atoms with Crippen molar-refractivity contribution >= 4 is 42.4 Å². The molecule has 3 saturated carbocycles. The third-order valence-corrected chi connectivity index (χ3v) is 14.7. The van der Waals surface area contributed by atoms with E-state index in [0.717, 1.165) is 38.5 Å². The molecule has 0 spiro atoms. The second-order valence-electron chi connectivity index (χ2n) is 13.2. The van der Waals surface area contributed by atoms with Gasteiger partial charge < -0.3 is 10.4 Å². The molecule has 4 atom stereocenters. The van der Waals surface area contributed by atoms with Crippen LogP contribution in [0.15, 0.2) is 12.7 Å². The zero-order chi connectivity index (χ0) is 34.0. The molecule has 4 unspecified atom stereocenters. The van der Waals surface area contributed by atoms with Gasteiger partial charge in [-0.05, 0) is 89.1 Å². The van der Waals surface area contributed by atoms with E-state index >= 15 is 0 Å². The minimum absolute atomic E-state index is 0.123. The van der Waals surface area contributed by atoms with Gasteiger partial charge in [0.2, 0.25) is 11.8 Å². The number of nitrogens with zero attached hydrogens (tertiary/aromatic N) is 1. The number of nitrogens with one attached hydrogen (secondary N) is 3. The van der Waals surface area contributed by atoms with Crippen LogP contribution >= 0.6 is 18.7 Å². The zero-order valence-corrected chi connectivity index (χ0v) is 30.8. The Morgan fingerprint density at radius 3 is 2.04 bits per heavy atom. The Hall–Kier alpha value is -1.64. The van der Waals surface area contributed by atoms with Crippen LogP contribution in [0.1, 0.15) is 136 Å². The maximum Gasteiger partial charge on any atom is 0.407 e. The summed E-state index contributed by atoms with van der Waals surface area (Å²) in [5, 5.41) is 11.7. The van der Waals surface area contributed by atoms with Crippen molar-refractivity contribution in [1.82, 2.24) is 20.5 Å². The molecule has 11 heteroatoms. The average Bonchev–Trinajstić information content (AvgIpc) is 3.95. The van der Waals surface area contributed by atoms with Gasteiger partial charge in [-0.1, -0.05) is 77.7 Å². The van der Waals surface area contributed by atoms with Crippen LogP contribution in [0, 0.1) is 17.8 Å². The Morgan fingerprint density at radius 2 is 1.54 bits per heavy atom. The fourth-order valence-corrected chi connectivity index (χ4v) is 9.98. The summed E-state index contributed by atoms with van der Waals surface area (Å²) in [6, 6.07) is -0.479. The first kappa shape index (κ1) is 40.5. The van der Waals surface area contributed by atoms with Crippen molar-refractivity contribution in [3.05, 3.63) is 12.7 Å². The summed E-state index contributed by atoms with van der Waals surface area (Å²) < 4.78 is 0. The maximum absolute atomic E-state index is 12.0. The van der Waals surface area contributed by atoms with Gasteiger partial charge in [-0.15, -0.1) is 6.58 Å². The van der Waals surface area contributed by atoms with Crippen LogP contribution in [0.4, 0.5) is 4.79 Å². The van der Waals surface area contributed by atoms with E-state index < -0.39 is 12.1 Å². The van der Waals surface area contributed by atoms with Crippen molar-refractivity contribution in [3.63, 3.8) is 0 Å². The van der Waals surface area contributed by atoms with Crippen molar-refractivity contribution in [2.75, 3.05) is 20.3 Å². The summed E-state index contributed by atoms with van der Waals surface area (Å²) in [5.74, 6) is 1.40. The number of hydrogen-bond donors (Lipinski definition) is 4. The van der Waals surface area contributed by atoms with E-state index in [2.05, 4.69) is 28.8 Å². The lowest BCUT2D eigenvalue weighted by atomic mass is 9.80. The molecule has 1 heterocycles. The Bertz CT molecular complexity index is 961. The number of unbranched alkanes of at least 4 members (excludes halogenated alkanes) is 8. The summed E-state index contributed by atoms with van der Waals surface area (Å²) in [6.07, 6.45) is 23.5. The summed E-state index contributed by atoms with van der Waals surface area (Å²) in [6.45, 7) is 10.6. The molecule has 3 amide bonds. The van der Waals surface area contributed by atoms with Crippen LogP contribution in [-0.4, -0.2) is 65.2 Å². The highest BCUT2D eigenvalue weighted by atomic mass is 32.7. The van der Waals surface area contributed by atoms with Gasteiger partial charge in [-0.25, -0.2) is 4.79 Å². The molecular formula is C35H63N4O5PS. The SMILES string of the molecule is C=CC1CC1C(=O)NNSP(C)C1(CCCCCCCCCCCC(=O)C2CCC2)CC1.CC.CNC(=O)C1CCCN1C(=O)O. The molecule has 1 saturated heterocycles. The molecule has 0 aromatic rings. The number of hydrazine groups is 1. The van der Waals surface area contributed by atoms with Crippen LogP contribution in [-0.2, 0) is 14.4 Å². The van der Waals surface area contributed by atoms with E-state index in [1.54, 1.807) is 11.6 Å². The highest BCUT2D eigenvalue weighted by Gasteiger charge is 2.47. The Morgan fingerprint density at radius 1 is 0.935 bits per heavy atom. The van der Waals surface area contributed by atoms with Gasteiger partial charge in [-0.3, -0.25) is 24.7 Å². The first-order chi connectivity index (χ1) is 22.2. The summed E-state index contributed by atoms with van der Waals surface area (Å²) in [5.41, 5.74) is 2.89. The molecule has 3 aliphatic carbocycles. The molecule has 0 radical (unpaired) electrons. The number of carboxylic acid groups (broad SMARTS) is 1. The largest absolute Gasteiger partial charge is 0.465 e. The van der Waals surface area contributed by atoms with E-state index in [4.69, 9.17) is 5.11 Å². The number of carbonyl (C=O) groups excluding carboxylic acids is 3. The number of likely N-dealkylation sites (tertiary alicyclic amines) is 1. The van der Waals surface area contributed by atoms with Crippen molar-refractivity contribution in [2.24, 2.45) is 17.8 Å². The van der Waals surface area contributed by atoms with Gasteiger partial charge >= 0.3 is 6.09 Å². The Labute approximate surface area is 284 Å². The maximum atomic E-state index is 12.0. The monoisotopic (exact) mass is 682 g/mol. The third kappa shape index (κ3) is 13.8. The quantitative estimate of drug-likeness (QED) is 0.0335. The van der Waals surface area contributed by atoms with Crippen molar-refractivity contribution in [1.29, 1.82) is 0 Å². The molecule has 264 valence electrons. The number of likely N-dealkylation sites (N-methyl/N-ethyl adjacent to an activating group) is 1. The van der Waals surface area contributed by atoms with Crippen LogP contribution in [0.3, 0.4) is 0 Å². The number of rotatable bonds is 20. The van der Waals surface area contributed by atoms with E-state index in [-0.39, 0.29) is 24.9 Å². The third-order valence-electron chi connectivity index (χ3n) is 10.0. The summed E-state index contributed by atoms with van der Waals surface area (Å²) in [7, 11) is 1.36. The fourth-order valence-electron chi connectivity index (χ4n) is 6.33. The highest BCUT2D eigenvalue weighted by molar-refractivity contribution is 8.55. The second-order valence-corrected chi connectivity index (χ2v) is 17.7. The van der Waals surface area contributed by atoms with E-state index in [9.17, 15) is 19.2 Å². The first-order valence-electron chi connectivity index (χ1n) is 18.0. The summed E-state index contributed by atoms with van der Waals surface area (Å²) >= 11 is 1.75. The van der Waals surface area contributed by atoms with Gasteiger partial charge in [-0.2, -0.15) is 4.83 Å². The van der Waals surface area contributed by atoms with E-state index in [1.807, 2.05) is 19.9 Å². The molecule has 46 heavy (non-hydrogen) atoms. The lowest BCUT2D eigenvalue weighted by molar-refractivity contribution is -0.125. The smallest absolute Gasteiger partial charge is 0.407 e. The van der Waals surface area contributed by atoms with Crippen LogP contribution < -0.4 is 15.6 Å². The van der Waals surface area contributed by atoms with Gasteiger partial charge in [0.05, 0.1) is 0 Å². The Balaban J connectivity index is 0.000000439. The number of ketones is 1. The van der Waals surface area contributed by atoms with Crippen LogP contribution in [0.25, 0.3) is 0 Å². The van der Waals surface area contributed by atoms with Crippen LogP contribution in [0.2, 0.25) is 0 Å². The molecule has 0 bridgehead atoms. The predicted molar refractivity (Wildman–Crippen MR) is 192 cm³/mol. The lowest BCUT2D eigenvalue weighted by Gasteiger charge is -2.23. The van der Waals surface area contributed by atoms with Crippen molar-refractivity contribution < 1.29 is 24.3 Å². The standard InChI is InChI=1S/C26H45N2O2PS.C7H12N2O3.C2H6/c1-3-21-20-23(21)25(30)27-28-32-31(2)26(18-19-26)17-12-10-8-6-4-5-7-9-11-16-24(29)22-14-13-15-22;1-8-6(10)5-3-2-4-9(5)7(11)12;1-2/h3,21-23,28H,1,4-20H2,2H3,(H,27,30);5H,2-4H2,1H3,(H,8,10)(H,11,12);1-2H3. The number of hydrogen-bond acceptors (Lipinski definition) is 6. The lowest BCUT2D eigenvalue weighted by Crippen LogP contribution is -2.44. The fraction of sp³-hybridized carbons (Fsp3) is 0.829. The average molecular weight is 683 g/mol. The molecule has 9 nitrogen and oxygen atoms in total. The molecular weight excluding hydrogens is 619 g/mol. The molecule has 4 fully saturated rings. The molecule has 4 rings (SSSR count). The topological polar surface area (TPSA) is 128 Å². The molecule has 1 aliphatic heterocycles. The van der Waals surface area contributed by atoms with E-state index in [1.165, 1.54) is 89.0 Å². The van der Waals surface area contributed by atoms with Crippen LogP contribution in [0.5, 0.6) is 0 Å². The number of carbonyl (C=O) groups is 4. The normalized spacial score (nSPS) is 23.0. The van der Waals surface area contributed by atoms with Gasteiger partial charge in [0.25, 0.3) is 0 Å². The second kappa shape index (κ2) is 22.1. The highest BCUT2D eigenvalue weighted by Crippen LogP contribution is 2.69. The van der Waals surface area contributed by atoms with Crippen molar-refractivity contribution in [2.45, 2.75) is 147 Å². The molecule has 0 aromatic heterocycles. The molecule has 4 N–H and O–H groups in total. The number of amides is 3. The zero-order valence-electron chi connectivity index (χ0n) is 29.1. The molecule has 0 aromatic carbocycles.